The first-order valence-electron chi connectivity index (χ1n) is 5.55. The normalized spacial score (nSPS) is 10.0. The van der Waals surface area contributed by atoms with Crippen LogP contribution in [0.25, 0.3) is 0 Å². The zero-order valence-corrected chi connectivity index (χ0v) is 11.4. The Labute approximate surface area is 114 Å². The van der Waals surface area contributed by atoms with Gasteiger partial charge in [-0.15, -0.1) is 10.2 Å². The highest BCUT2D eigenvalue weighted by molar-refractivity contribution is 7.15. The Bertz CT molecular complexity index is 571. The van der Waals surface area contributed by atoms with Crippen molar-refractivity contribution in [2.45, 2.75) is 6.92 Å². The van der Waals surface area contributed by atoms with Crippen molar-refractivity contribution in [1.29, 1.82) is 0 Å². The van der Waals surface area contributed by atoms with Crippen LogP contribution in [0.15, 0.2) is 24.3 Å². The monoisotopic (exact) mass is 279 g/mol. The molecule has 2 aromatic rings. The van der Waals surface area contributed by atoms with Crippen molar-refractivity contribution in [1.82, 2.24) is 10.2 Å². The summed E-state index contributed by atoms with van der Waals surface area (Å²) in [5.41, 5.74) is 0. The van der Waals surface area contributed by atoms with Crippen LogP contribution >= 0.6 is 11.3 Å². The minimum atomic E-state index is -0.290. The summed E-state index contributed by atoms with van der Waals surface area (Å²) in [6, 6.07) is 7.14. The molecule has 0 aliphatic rings. The van der Waals surface area contributed by atoms with Gasteiger partial charge < -0.3 is 9.47 Å². The number of benzene rings is 1. The van der Waals surface area contributed by atoms with Crippen molar-refractivity contribution in [3.05, 3.63) is 29.3 Å². The lowest BCUT2D eigenvalue weighted by atomic mass is 10.3. The second-order valence-corrected chi connectivity index (χ2v) is 4.80. The molecule has 1 heterocycles. The summed E-state index contributed by atoms with van der Waals surface area (Å²) >= 11 is 1.31. The third-order valence-electron chi connectivity index (χ3n) is 2.20. The smallest absolute Gasteiger partial charge is 0.264 e. The van der Waals surface area contributed by atoms with E-state index in [-0.39, 0.29) is 12.5 Å². The molecular weight excluding hydrogens is 266 g/mol. The van der Waals surface area contributed by atoms with Gasteiger partial charge >= 0.3 is 0 Å². The Morgan fingerprint density at radius 2 is 2.05 bits per heavy atom. The zero-order chi connectivity index (χ0) is 13.7. The topological polar surface area (TPSA) is 73.3 Å². The Kier molecular flexibility index (Phi) is 4.30. The van der Waals surface area contributed by atoms with Gasteiger partial charge in [0, 0.05) is 0 Å². The number of ether oxygens (including phenoxy) is 2. The number of rotatable bonds is 5. The highest BCUT2D eigenvalue weighted by atomic mass is 32.1. The van der Waals surface area contributed by atoms with Crippen LogP contribution in [0.3, 0.4) is 0 Å². The van der Waals surface area contributed by atoms with Gasteiger partial charge in [0.2, 0.25) is 5.13 Å². The van der Waals surface area contributed by atoms with Crippen LogP contribution < -0.4 is 14.8 Å². The average molecular weight is 279 g/mol. The van der Waals surface area contributed by atoms with Crippen LogP contribution in [0.5, 0.6) is 11.5 Å². The van der Waals surface area contributed by atoms with Crippen LogP contribution in [0.1, 0.15) is 5.01 Å². The molecule has 6 nitrogen and oxygen atoms in total. The summed E-state index contributed by atoms with van der Waals surface area (Å²) in [7, 11) is 1.55. The third-order valence-corrected chi connectivity index (χ3v) is 2.95. The fourth-order valence-electron chi connectivity index (χ4n) is 1.38. The van der Waals surface area contributed by atoms with Crippen LogP contribution in [-0.4, -0.2) is 29.8 Å². The maximum absolute atomic E-state index is 11.7. The largest absolute Gasteiger partial charge is 0.493 e. The number of hydrogen-bond donors (Lipinski definition) is 1. The molecule has 100 valence electrons. The Morgan fingerprint density at radius 1 is 1.32 bits per heavy atom. The number of para-hydroxylation sites is 2. The van der Waals surface area contributed by atoms with Crippen molar-refractivity contribution in [3.63, 3.8) is 0 Å². The van der Waals surface area contributed by atoms with Gasteiger partial charge in [0.25, 0.3) is 5.91 Å². The maximum atomic E-state index is 11.7. The number of nitrogens with one attached hydrogen (secondary N) is 1. The summed E-state index contributed by atoms with van der Waals surface area (Å²) in [5, 5.41) is 11.5. The summed E-state index contributed by atoms with van der Waals surface area (Å²) < 4.78 is 10.5. The van der Waals surface area contributed by atoms with Gasteiger partial charge in [-0.25, -0.2) is 0 Å². The first-order chi connectivity index (χ1) is 9.19. The summed E-state index contributed by atoms with van der Waals surface area (Å²) in [6.07, 6.45) is 0. The van der Waals surface area contributed by atoms with Crippen LogP contribution in [0.4, 0.5) is 5.13 Å². The van der Waals surface area contributed by atoms with Crippen molar-refractivity contribution < 1.29 is 14.3 Å². The first-order valence-corrected chi connectivity index (χ1v) is 6.36. The molecule has 0 saturated heterocycles. The van der Waals surface area contributed by atoms with Crippen molar-refractivity contribution in [2.24, 2.45) is 0 Å². The molecule has 0 atom stereocenters. The van der Waals surface area contributed by atoms with Gasteiger partial charge in [-0.2, -0.15) is 0 Å². The van der Waals surface area contributed by atoms with Gasteiger partial charge in [-0.05, 0) is 19.1 Å². The van der Waals surface area contributed by atoms with E-state index in [9.17, 15) is 4.79 Å². The second-order valence-electron chi connectivity index (χ2n) is 3.61. The molecule has 7 heteroatoms. The van der Waals surface area contributed by atoms with E-state index in [0.29, 0.717) is 16.6 Å². The number of aryl methyl sites for hydroxylation is 1. The molecule has 2 rings (SSSR count). The molecule has 0 aliphatic carbocycles. The molecule has 0 radical (unpaired) electrons. The minimum absolute atomic E-state index is 0.112. The van der Waals surface area contributed by atoms with Crippen LogP contribution in [-0.2, 0) is 4.79 Å². The van der Waals surface area contributed by atoms with E-state index in [1.54, 1.807) is 19.2 Å². The lowest BCUT2D eigenvalue weighted by Crippen LogP contribution is -2.20. The minimum Gasteiger partial charge on any atom is -0.493 e. The van der Waals surface area contributed by atoms with E-state index in [1.807, 2.05) is 19.1 Å². The number of methoxy groups -OCH3 is 1. The lowest BCUT2D eigenvalue weighted by molar-refractivity contribution is -0.118. The number of amides is 1. The standard InChI is InChI=1S/C12H13N3O3S/c1-8-14-15-12(19-8)13-11(16)7-18-10-6-4-3-5-9(10)17-2/h3-6H,7H2,1-2H3,(H,13,15,16). The van der Waals surface area contributed by atoms with Gasteiger partial charge in [0.15, 0.2) is 18.1 Å². The highest BCUT2D eigenvalue weighted by Crippen LogP contribution is 2.25. The summed E-state index contributed by atoms with van der Waals surface area (Å²) in [5.74, 6) is 0.817. The molecule has 0 fully saturated rings. The molecule has 1 aromatic heterocycles. The Morgan fingerprint density at radius 3 is 2.68 bits per heavy atom. The predicted octanol–water partition coefficient (Wildman–Crippen LogP) is 1.87. The summed E-state index contributed by atoms with van der Waals surface area (Å²) in [4.78, 5) is 11.7. The van der Waals surface area contributed by atoms with E-state index in [2.05, 4.69) is 15.5 Å². The first kappa shape index (κ1) is 13.3. The molecule has 0 saturated carbocycles. The molecular formula is C12H13N3O3S. The van der Waals surface area contributed by atoms with E-state index in [4.69, 9.17) is 9.47 Å². The molecule has 0 aliphatic heterocycles. The van der Waals surface area contributed by atoms with E-state index < -0.39 is 0 Å². The predicted molar refractivity (Wildman–Crippen MR) is 71.8 cm³/mol. The third kappa shape index (κ3) is 3.65. The molecule has 1 amide bonds. The number of carbonyl (C=O) groups excluding carboxylic acids is 1. The van der Waals surface area contributed by atoms with E-state index in [0.717, 1.165) is 5.01 Å². The SMILES string of the molecule is COc1ccccc1OCC(=O)Nc1nnc(C)s1. The van der Waals surface area contributed by atoms with Gasteiger partial charge in [-0.3, -0.25) is 10.1 Å². The second kappa shape index (κ2) is 6.14. The van der Waals surface area contributed by atoms with Gasteiger partial charge in [-0.1, -0.05) is 23.5 Å². The van der Waals surface area contributed by atoms with Gasteiger partial charge in [0.1, 0.15) is 5.01 Å². The molecule has 0 unspecified atom stereocenters. The number of aromatic nitrogens is 2. The number of anilines is 1. The molecule has 1 aromatic carbocycles. The van der Waals surface area contributed by atoms with Crippen LogP contribution in [0.2, 0.25) is 0 Å². The zero-order valence-electron chi connectivity index (χ0n) is 10.5. The lowest BCUT2D eigenvalue weighted by Gasteiger charge is -2.09. The van der Waals surface area contributed by atoms with Crippen molar-refractivity contribution >= 4 is 22.4 Å². The number of carbonyl (C=O) groups is 1. The molecule has 0 bridgehead atoms. The van der Waals surface area contributed by atoms with Crippen molar-refractivity contribution in [2.75, 3.05) is 19.0 Å². The fourth-order valence-corrected chi connectivity index (χ4v) is 1.99. The molecule has 19 heavy (non-hydrogen) atoms. The molecule has 0 spiro atoms. The van der Waals surface area contributed by atoms with E-state index >= 15 is 0 Å². The highest BCUT2D eigenvalue weighted by Gasteiger charge is 2.09. The molecule has 1 N–H and O–H groups in total. The summed E-state index contributed by atoms with van der Waals surface area (Å²) in [6.45, 7) is 1.71. The Hall–Kier alpha value is -2.15. The average Bonchev–Trinajstić information content (AvgIpc) is 2.82. The van der Waals surface area contributed by atoms with Gasteiger partial charge in [0.05, 0.1) is 7.11 Å². The number of nitrogens with zero attached hydrogens (tertiary/aromatic N) is 2. The van der Waals surface area contributed by atoms with Crippen LogP contribution in [0, 0.1) is 6.92 Å². The quantitative estimate of drug-likeness (QED) is 0.904. The maximum Gasteiger partial charge on any atom is 0.264 e. The fraction of sp³-hybridized carbons (Fsp3) is 0.250. The number of hydrogen-bond acceptors (Lipinski definition) is 6. The Balaban J connectivity index is 1.89. The van der Waals surface area contributed by atoms with E-state index in [1.165, 1.54) is 11.3 Å². The van der Waals surface area contributed by atoms with Crippen molar-refractivity contribution in [3.8, 4) is 11.5 Å².